The summed E-state index contributed by atoms with van der Waals surface area (Å²) in [6.07, 6.45) is 2.91. The number of carbonyl (C=O) groups excluding carboxylic acids is 1. The van der Waals surface area contributed by atoms with Gasteiger partial charge in [-0.15, -0.1) is 0 Å². The Balaban J connectivity index is 1.21. The maximum atomic E-state index is 13.9. The average molecular weight is 380 g/mol. The van der Waals surface area contributed by atoms with Gasteiger partial charge in [0.25, 0.3) is 0 Å². The lowest BCUT2D eigenvalue weighted by Gasteiger charge is -2.36. The van der Waals surface area contributed by atoms with Crippen molar-refractivity contribution in [2.24, 2.45) is 0 Å². The van der Waals surface area contributed by atoms with Gasteiger partial charge in [0.15, 0.2) is 0 Å². The van der Waals surface area contributed by atoms with Crippen molar-refractivity contribution in [1.82, 2.24) is 15.2 Å². The van der Waals surface area contributed by atoms with Crippen molar-refractivity contribution in [1.29, 1.82) is 0 Å². The van der Waals surface area contributed by atoms with Crippen molar-refractivity contribution < 1.29 is 9.18 Å². The first-order valence-electron chi connectivity index (χ1n) is 9.75. The molecule has 1 amide bonds. The van der Waals surface area contributed by atoms with E-state index in [1.807, 2.05) is 34.2 Å². The van der Waals surface area contributed by atoms with E-state index in [1.165, 1.54) is 17.0 Å². The largest absolute Gasteiger partial charge is 0.366 e. The molecule has 2 heterocycles. The molecule has 1 aliphatic heterocycles. The van der Waals surface area contributed by atoms with Crippen molar-refractivity contribution in [2.45, 2.75) is 6.42 Å². The van der Waals surface area contributed by atoms with Crippen LogP contribution in [-0.2, 0) is 11.2 Å². The Hall–Kier alpha value is -2.86. The summed E-state index contributed by atoms with van der Waals surface area (Å²) in [5.74, 6) is -0.103. The van der Waals surface area contributed by atoms with E-state index in [0.717, 1.165) is 18.5 Å². The number of halogens is 1. The number of nitrogens with one attached hydrogen (secondary N) is 2. The highest BCUT2D eigenvalue weighted by molar-refractivity contribution is 5.83. The second-order valence-electron chi connectivity index (χ2n) is 7.11. The van der Waals surface area contributed by atoms with Crippen LogP contribution in [0.1, 0.15) is 5.56 Å². The summed E-state index contributed by atoms with van der Waals surface area (Å²) in [7, 11) is 0. The van der Waals surface area contributed by atoms with E-state index in [1.54, 1.807) is 12.1 Å². The number of hydrogen-bond donors (Lipinski definition) is 2. The topological polar surface area (TPSA) is 51.4 Å². The van der Waals surface area contributed by atoms with Gasteiger partial charge in [-0.3, -0.25) is 4.79 Å². The van der Waals surface area contributed by atoms with Crippen molar-refractivity contribution in [3.63, 3.8) is 0 Å². The second kappa shape index (κ2) is 8.44. The minimum Gasteiger partial charge on any atom is -0.366 e. The Bertz CT molecular complexity index is 946. The number of piperazine rings is 1. The number of fused-ring (bicyclic) bond motifs is 1. The zero-order valence-corrected chi connectivity index (χ0v) is 15.8. The summed E-state index contributed by atoms with van der Waals surface area (Å²) in [5, 5.41) is 4.49. The third-order valence-electron chi connectivity index (χ3n) is 5.35. The van der Waals surface area contributed by atoms with Gasteiger partial charge in [0.1, 0.15) is 5.82 Å². The van der Waals surface area contributed by atoms with Crippen LogP contribution in [0, 0.1) is 5.82 Å². The average Bonchev–Trinajstić information content (AvgIpc) is 3.15. The zero-order chi connectivity index (χ0) is 19.3. The highest BCUT2D eigenvalue weighted by Crippen LogP contribution is 2.20. The molecule has 0 radical (unpaired) electrons. The van der Waals surface area contributed by atoms with Gasteiger partial charge in [-0.05, 0) is 36.7 Å². The molecule has 3 aromatic rings. The molecule has 2 aromatic carbocycles. The van der Waals surface area contributed by atoms with E-state index in [9.17, 15) is 9.18 Å². The summed E-state index contributed by atoms with van der Waals surface area (Å²) in [6.45, 7) is 3.64. The molecule has 0 spiro atoms. The second-order valence-corrected chi connectivity index (χ2v) is 7.11. The number of aromatic nitrogens is 1. The lowest BCUT2D eigenvalue weighted by Crippen LogP contribution is -2.51. The van der Waals surface area contributed by atoms with E-state index in [-0.39, 0.29) is 11.7 Å². The van der Waals surface area contributed by atoms with E-state index in [2.05, 4.69) is 22.4 Å². The Labute approximate surface area is 164 Å². The molecule has 6 heteroatoms. The van der Waals surface area contributed by atoms with Gasteiger partial charge >= 0.3 is 0 Å². The number of rotatable bonds is 6. The Morgan fingerprint density at radius 3 is 2.61 bits per heavy atom. The normalized spacial score (nSPS) is 14.6. The molecule has 28 heavy (non-hydrogen) atoms. The first kappa shape index (κ1) is 18.5. The van der Waals surface area contributed by atoms with Gasteiger partial charge in [0.05, 0.1) is 12.2 Å². The molecule has 1 aromatic heterocycles. The van der Waals surface area contributed by atoms with Crippen molar-refractivity contribution in [3.05, 3.63) is 66.1 Å². The molecule has 146 valence electrons. The lowest BCUT2D eigenvalue weighted by atomic mass is 10.1. The van der Waals surface area contributed by atoms with Gasteiger partial charge in [-0.2, -0.15) is 0 Å². The van der Waals surface area contributed by atoms with Crippen LogP contribution < -0.4 is 10.2 Å². The van der Waals surface area contributed by atoms with Crippen LogP contribution in [0.5, 0.6) is 0 Å². The molecule has 5 nitrogen and oxygen atoms in total. The molecule has 2 N–H and O–H groups in total. The quantitative estimate of drug-likeness (QED) is 0.647. The predicted molar refractivity (Wildman–Crippen MR) is 110 cm³/mol. The summed E-state index contributed by atoms with van der Waals surface area (Å²) < 4.78 is 13.9. The third-order valence-corrected chi connectivity index (χ3v) is 5.35. The lowest BCUT2D eigenvalue weighted by molar-refractivity contribution is -0.130. The molecule has 4 rings (SSSR count). The first-order chi connectivity index (χ1) is 13.7. The minimum atomic E-state index is -0.207. The standard InChI is InChI=1S/C22H25FN4O/c23-19-6-2-4-8-21(19)26-11-13-27(14-12-26)22(28)16-24-10-9-17-15-25-20-7-3-1-5-18(17)20/h1-8,15,24-25H,9-14,16H2. The number of para-hydroxylation sites is 2. The van der Waals surface area contributed by atoms with Gasteiger partial charge in [-0.1, -0.05) is 30.3 Å². The Morgan fingerprint density at radius 1 is 1.04 bits per heavy atom. The minimum absolute atomic E-state index is 0.104. The fourth-order valence-electron chi connectivity index (χ4n) is 3.77. The Kier molecular flexibility index (Phi) is 5.58. The van der Waals surface area contributed by atoms with E-state index in [4.69, 9.17) is 0 Å². The number of benzene rings is 2. The molecule has 1 fully saturated rings. The SMILES string of the molecule is O=C(CNCCc1c[nH]c2ccccc12)N1CCN(c2ccccc2F)CC1. The van der Waals surface area contributed by atoms with Crippen LogP contribution in [0.3, 0.4) is 0 Å². The maximum Gasteiger partial charge on any atom is 0.236 e. The number of nitrogens with zero attached hydrogens (tertiary/aromatic N) is 2. The molecular formula is C22H25FN4O. The summed E-state index contributed by atoms with van der Waals surface area (Å²) in [4.78, 5) is 19.6. The van der Waals surface area contributed by atoms with Crippen LogP contribution in [0.4, 0.5) is 10.1 Å². The van der Waals surface area contributed by atoms with Gasteiger partial charge in [-0.25, -0.2) is 4.39 Å². The maximum absolute atomic E-state index is 13.9. The van der Waals surface area contributed by atoms with Crippen LogP contribution in [0.25, 0.3) is 10.9 Å². The van der Waals surface area contributed by atoms with Crippen molar-refractivity contribution >= 4 is 22.5 Å². The fraction of sp³-hybridized carbons (Fsp3) is 0.318. The molecule has 0 aliphatic carbocycles. The van der Waals surface area contributed by atoms with Crippen LogP contribution in [-0.4, -0.2) is 55.1 Å². The van der Waals surface area contributed by atoms with Crippen molar-refractivity contribution in [2.75, 3.05) is 44.2 Å². The smallest absolute Gasteiger partial charge is 0.236 e. The third kappa shape index (κ3) is 4.02. The number of hydrogen-bond acceptors (Lipinski definition) is 3. The fourth-order valence-corrected chi connectivity index (χ4v) is 3.77. The number of anilines is 1. The van der Waals surface area contributed by atoms with Crippen LogP contribution in [0.2, 0.25) is 0 Å². The highest BCUT2D eigenvalue weighted by atomic mass is 19.1. The number of H-pyrrole nitrogens is 1. The van der Waals surface area contributed by atoms with Gasteiger partial charge < -0.3 is 20.1 Å². The summed E-state index contributed by atoms with van der Waals surface area (Å²) in [6, 6.07) is 15.0. The zero-order valence-electron chi connectivity index (χ0n) is 15.8. The van der Waals surface area contributed by atoms with Crippen LogP contribution >= 0.6 is 0 Å². The molecular weight excluding hydrogens is 355 g/mol. The molecule has 0 saturated carbocycles. The number of amides is 1. The van der Waals surface area contributed by atoms with E-state index in [0.29, 0.717) is 38.4 Å². The van der Waals surface area contributed by atoms with E-state index < -0.39 is 0 Å². The number of carbonyl (C=O) groups is 1. The molecule has 1 aliphatic rings. The summed E-state index contributed by atoms with van der Waals surface area (Å²) in [5.41, 5.74) is 3.02. The van der Waals surface area contributed by atoms with Gasteiger partial charge in [0.2, 0.25) is 5.91 Å². The van der Waals surface area contributed by atoms with Gasteiger partial charge in [0, 0.05) is 43.3 Å². The van der Waals surface area contributed by atoms with Crippen molar-refractivity contribution in [3.8, 4) is 0 Å². The first-order valence-corrected chi connectivity index (χ1v) is 9.75. The van der Waals surface area contributed by atoms with Crippen LogP contribution in [0.15, 0.2) is 54.7 Å². The van der Waals surface area contributed by atoms with E-state index >= 15 is 0 Å². The number of aromatic amines is 1. The molecule has 1 saturated heterocycles. The summed E-state index contributed by atoms with van der Waals surface area (Å²) >= 11 is 0. The molecule has 0 bridgehead atoms. The Morgan fingerprint density at radius 2 is 1.79 bits per heavy atom. The predicted octanol–water partition coefficient (Wildman–Crippen LogP) is 2.79. The highest BCUT2D eigenvalue weighted by Gasteiger charge is 2.22. The monoisotopic (exact) mass is 380 g/mol. The molecule has 0 unspecified atom stereocenters. The molecule has 0 atom stereocenters.